The molecule has 1 aromatic rings. The van der Waals surface area contributed by atoms with Crippen LogP contribution in [0, 0.1) is 5.92 Å². The highest BCUT2D eigenvalue weighted by atomic mass is 16.5. The Morgan fingerprint density at radius 3 is 3.16 bits per heavy atom. The van der Waals surface area contributed by atoms with Crippen LogP contribution >= 0.6 is 0 Å². The summed E-state index contributed by atoms with van der Waals surface area (Å²) in [6.45, 7) is 5.04. The second kappa shape index (κ2) is 6.52. The van der Waals surface area contributed by atoms with Crippen LogP contribution in [0.1, 0.15) is 30.1 Å². The number of ether oxygens (including phenoxy) is 1. The molecule has 1 aliphatic heterocycles. The molecule has 0 saturated carbocycles. The highest BCUT2D eigenvalue weighted by Crippen LogP contribution is 2.20. The number of rotatable bonds is 5. The van der Waals surface area contributed by atoms with E-state index >= 15 is 0 Å². The van der Waals surface area contributed by atoms with Crippen molar-refractivity contribution >= 4 is 5.91 Å². The SMILES string of the molecule is CCCOC[C@H]1CCN(C(=O)c2cncc(O)c2)C1. The molecule has 0 spiro atoms. The summed E-state index contributed by atoms with van der Waals surface area (Å²) in [5.74, 6) is 0.370. The van der Waals surface area contributed by atoms with Gasteiger partial charge >= 0.3 is 0 Å². The number of hydrogen-bond donors (Lipinski definition) is 1. The topological polar surface area (TPSA) is 62.7 Å². The smallest absolute Gasteiger partial charge is 0.255 e. The summed E-state index contributed by atoms with van der Waals surface area (Å²) in [5.41, 5.74) is 0.440. The lowest BCUT2D eigenvalue weighted by molar-refractivity contribution is 0.0753. The van der Waals surface area contributed by atoms with Crippen LogP contribution in [0.5, 0.6) is 5.75 Å². The van der Waals surface area contributed by atoms with Gasteiger partial charge in [0.15, 0.2) is 0 Å². The van der Waals surface area contributed by atoms with Crippen molar-refractivity contribution in [2.75, 3.05) is 26.3 Å². The van der Waals surface area contributed by atoms with Crippen molar-refractivity contribution in [3.63, 3.8) is 0 Å². The van der Waals surface area contributed by atoms with Crippen molar-refractivity contribution in [2.45, 2.75) is 19.8 Å². The summed E-state index contributed by atoms with van der Waals surface area (Å²) < 4.78 is 5.53. The Balaban J connectivity index is 1.88. The van der Waals surface area contributed by atoms with Gasteiger partial charge in [-0.05, 0) is 18.9 Å². The molecule has 1 fully saturated rings. The van der Waals surface area contributed by atoms with Gasteiger partial charge in [-0.15, -0.1) is 0 Å². The van der Waals surface area contributed by atoms with Crippen molar-refractivity contribution in [3.8, 4) is 5.75 Å². The third-order valence-corrected chi connectivity index (χ3v) is 3.25. The van der Waals surface area contributed by atoms with E-state index in [9.17, 15) is 9.90 Å². The van der Waals surface area contributed by atoms with Gasteiger partial charge in [-0.1, -0.05) is 6.92 Å². The molecular weight excluding hydrogens is 244 g/mol. The van der Waals surface area contributed by atoms with E-state index in [1.54, 1.807) is 4.90 Å². The molecule has 0 radical (unpaired) electrons. The van der Waals surface area contributed by atoms with Crippen LogP contribution in [-0.2, 0) is 4.74 Å². The first-order valence-corrected chi connectivity index (χ1v) is 6.71. The Bertz CT molecular complexity index is 436. The molecular formula is C14H20N2O3. The number of carbonyl (C=O) groups is 1. The van der Waals surface area contributed by atoms with Crippen molar-refractivity contribution in [1.29, 1.82) is 0 Å². The predicted octanol–water partition coefficient (Wildman–Crippen LogP) is 1.68. The summed E-state index contributed by atoms with van der Waals surface area (Å²) in [7, 11) is 0. The number of hydrogen-bond acceptors (Lipinski definition) is 4. The van der Waals surface area contributed by atoms with E-state index in [-0.39, 0.29) is 11.7 Å². The average molecular weight is 264 g/mol. The number of nitrogens with zero attached hydrogens (tertiary/aromatic N) is 2. The Morgan fingerprint density at radius 2 is 2.42 bits per heavy atom. The lowest BCUT2D eigenvalue weighted by Gasteiger charge is -2.16. The zero-order valence-corrected chi connectivity index (χ0v) is 11.2. The quantitative estimate of drug-likeness (QED) is 0.822. The molecule has 1 N–H and O–H groups in total. The second-order valence-electron chi connectivity index (χ2n) is 4.91. The molecule has 0 aromatic carbocycles. The maximum Gasteiger partial charge on any atom is 0.255 e. The van der Waals surface area contributed by atoms with Crippen molar-refractivity contribution in [3.05, 3.63) is 24.0 Å². The van der Waals surface area contributed by atoms with Crippen molar-refractivity contribution < 1.29 is 14.6 Å². The summed E-state index contributed by atoms with van der Waals surface area (Å²) >= 11 is 0. The van der Waals surface area contributed by atoms with Gasteiger partial charge in [0.2, 0.25) is 0 Å². The Morgan fingerprint density at radius 1 is 1.58 bits per heavy atom. The Hall–Kier alpha value is -1.62. The number of aromatic hydroxyl groups is 1. The van der Waals surface area contributed by atoms with E-state index in [4.69, 9.17) is 4.74 Å². The minimum absolute atomic E-state index is 0.0212. The van der Waals surface area contributed by atoms with Gasteiger partial charge in [-0.2, -0.15) is 0 Å². The van der Waals surface area contributed by atoms with Crippen LogP contribution < -0.4 is 0 Å². The van der Waals surface area contributed by atoms with Crippen LogP contribution in [0.3, 0.4) is 0 Å². The first kappa shape index (κ1) is 13.8. The van der Waals surface area contributed by atoms with Crippen LogP contribution in [0.15, 0.2) is 18.5 Å². The third-order valence-electron chi connectivity index (χ3n) is 3.25. The van der Waals surface area contributed by atoms with Gasteiger partial charge in [0.25, 0.3) is 5.91 Å². The van der Waals surface area contributed by atoms with Crippen LogP contribution in [0.25, 0.3) is 0 Å². The minimum atomic E-state index is -0.0682. The van der Waals surface area contributed by atoms with E-state index < -0.39 is 0 Å². The maximum atomic E-state index is 12.2. The zero-order valence-electron chi connectivity index (χ0n) is 11.2. The summed E-state index contributed by atoms with van der Waals surface area (Å²) in [6.07, 6.45) is 4.80. The Labute approximate surface area is 113 Å². The maximum absolute atomic E-state index is 12.2. The van der Waals surface area contributed by atoms with Gasteiger partial charge in [0.1, 0.15) is 5.75 Å². The fraction of sp³-hybridized carbons (Fsp3) is 0.571. The summed E-state index contributed by atoms with van der Waals surface area (Å²) in [5, 5.41) is 9.35. The first-order chi connectivity index (χ1) is 9.20. The molecule has 0 aliphatic carbocycles. The van der Waals surface area contributed by atoms with E-state index in [1.807, 2.05) is 0 Å². The van der Waals surface area contributed by atoms with Crippen LogP contribution in [0.2, 0.25) is 0 Å². The highest BCUT2D eigenvalue weighted by Gasteiger charge is 2.27. The van der Waals surface area contributed by atoms with E-state index in [1.165, 1.54) is 18.5 Å². The average Bonchev–Trinajstić information content (AvgIpc) is 2.87. The summed E-state index contributed by atoms with van der Waals surface area (Å²) in [6, 6.07) is 1.45. The lowest BCUT2D eigenvalue weighted by atomic mass is 10.1. The largest absolute Gasteiger partial charge is 0.506 e. The van der Waals surface area contributed by atoms with Crippen molar-refractivity contribution in [1.82, 2.24) is 9.88 Å². The normalized spacial score (nSPS) is 18.8. The first-order valence-electron chi connectivity index (χ1n) is 6.71. The fourth-order valence-corrected chi connectivity index (χ4v) is 2.27. The molecule has 1 aliphatic rings. The molecule has 104 valence electrons. The van der Waals surface area contributed by atoms with Crippen LogP contribution in [0.4, 0.5) is 0 Å². The minimum Gasteiger partial charge on any atom is -0.506 e. The monoisotopic (exact) mass is 264 g/mol. The molecule has 1 amide bonds. The standard InChI is InChI=1S/C14H20N2O3/c1-2-5-19-10-11-3-4-16(9-11)14(18)12-6-13(17)8-15-7-12/h6-8,11,17H,2-5,9-10H2,1H3/t11-/m0/s1. The second-order valence-corrected chi connectivity index (χ2v) is 4.91. The number of aromatic nitrogens is 1. The fourth-order valence-electron chi connectivity index (χ4n) is 2.27. The molecule has 5 heteroatoms. The van der Waals surface area contributed by atoms with Crippen LogP contribution in [-0.4, -0.2) is 47.2 Å². The molecule has 1 saturated heterocycles. The van der Waals surface area contributed by atoms with Crippen molar-refractivity contribution in [2.24, 2.45) is 5.92 Å². The molecule has 0 bridgehead atoms. The van der Waals surface area contributed by atoms with Gasteiger partial charge < -0.3 is 14.7 Å². The molecule has 2 heterocycles. The van der Waals surface area contributed by atoms with Gasteiger partial charge in [0, 0.05) is 31.8 Å². The number of carbonyl (C=O) groups excluding carboxylic acids is 1. The predicted molar refractivity (Wildman–Crippen MR) is 71.0 cm³/mol. The number of likely N-dealkylation sites (tertiary alicyclic amines) is 1. The van der Waals surface area contributed by atoms with Gasteiger partial charge in [-0.3, -0.25) is 9.78 Å². The summed E-state index contributed by atoms with van der Waals surface area (Å²) in [4.78, 5) is 17.8. The Kier molecular flexibility index (Phi) is 4.74. The third kappa shape index (κ3) is 3.67. The molecule has 2 rings (SSSR count). The number of pyridine rings is 1. The van der Waals surface area contributed by atoms with E-state index in [2.05, 4.69) is 11.9 Å². The van der Waals surface area contributed by atoms with E-state index in [0.717, 1.165) is 39.1 Å². The molecule has 5 nitrogen and oxygen atoms in total. The van der Waals surface area contributed by atoms with E-state index in [0.29, 0.717) is 11.5 Å². The molecule has 0 unspecified atom stereocenters. The molecule has 1 atom stereocenters. The molecule has 1 aromatic heterocycles. The molecule has 19 heavy (non-hydrogen) atoms. The lowest BCUT2D eigenvalue weighted by Crippen LogP contribution is -2.29. The number of amides is 1. The highest BCUT2D eigenvalue weighted by molar-refractivity contribution is 5.94. The van der Waals surface area contributed by atoms with Gasteiger partial charge in [0.05, 0.1) is 18.4 Å². The van der Waals surface area contributed by atoms with Gasteiger partial charge in [-0.25, -0.2) is 0 Å². The zero-order chi connectivity index (χ0) is 13.7.